The minimum Gasteiger partial charge on any atom is -0.420 e. The van der Waals surface area contributed by atoms with E-state index in [9.17, 15) is 0 Å². The van der Waals surface area contributed by atoms with Crippen molar-refractivity contribution in [3.63, 3.8) is 0 Å². The monoisotopic (exact) mass is 464 g/mol. The molecule has 3 aromatic heterocycles. The van der Waals surface area contributed by atoms with Crippen LogP contribution >= 0.6 is 11.8 Å². The number of rotatable bonds is 6. The SMILES string of the molecule is Cc1cccc(-n2c(SCc3nnc(-c4ccccc4)o3)nnc2-c2c[nH]c3ccccc23)c1. The van der Waals surface area contributed by atoms with Crippen molar-refractivity contribution in [1.29, 1.82) is 0 Å². The largest absolute Gasteiger partial charge is 0.420 e. The summed E-state index contributed by atoms with van der Waals surface area (Å²) in [5.41, 5.74) is 5.13. The van der Waals surface area contributed by atoms with Gasteiger partial charge in [0.1, 0.15) is 0 Å². The van der Waals surface area contributed by atoms with Gasteiger partial charge in [-0.3, -0.25) is 4.57 Å². The van der Waals surface area contributed by atoms with E-state index in [-0.39, 0.29) is 0 Å². The van der Waals surface area contributed by atoms with E-state index in [0.29, 0.717) is 17.5 Å². The number of thioether (sulfide) groups is 1. The highest BCUT2D eigenvalue weighted by molar-refractivity contribution is 7.98. The fourth-order valence-corrected chi connectivity index (χ4v) is 4.72. The third-order valence-electron chi connectivity index (χ3n) is 5.54. The molecule has 0 saturated heterocycles. The first-order valence-corrected chi connectivity index (χ1v) is 11.8. The van der Waals surface area contributed by atoms with Gasteiger partial charge < -0.3 is 9.40 Å². The topological polar surface area (TPSA) is 85.4 Å². The summed E-state index contributed by atoms with van der Waals surface area (Å²) in [5, 5.41) is 19.4. The lowest BCUT2D eigenvalue weighted by Crippen LogP contribution is -2.00. The second-order valence-corrected chi connectivity index (χ2v) is 8.83. The minimum absolute atomic E-state index is 0.484. The van der Waals surface area contributed by atoms with E-state index >= 15 is 0 Å². The summed E-state index contributed by atoms with van der Waals surface area (Å²) in [6, 6.07) is 26.3. The quantitative estimate of drug-likeness (QED) is 0.301. The van der Waals surface area contributed by atoms with E-state index in [1.54, 1.807) is 0 Å². The third kappa shape index (κ3) is 3.78. The Bertz CT molecular complexity index is 1580. The van der Waals surface area contributed by atoms with E-state index in [4.69, 9.17) is 4.42 Å². The van der Waals surface area contributed by atoms with Gasteiger partial charge in [0.2, 0.25) is 11.8 Å². The lowest BCUT2D eigenvalue weighted by molar-refractivity contribution is 0.528. The van der Waals surface area contributed by atoms with Gasteiger partial charge in [-0.25, -0.2) is 0 Å². The van der Waals surface area contributed by atoms with Crippen molar-refractivity contribution in [2.45, 2.75) is 17.8 Å². The van der Waals surface area contributed by atoms with Crippen LogP contribution in [0.1, 0.15) is 11.5 Å². The summed E-state index contributed by atoms with van der Waals surface area (Å²) in [6.07, 6.45) is 1.99. The number of nitrogens with one attached hydrogen (secondary N) is 1. The molecule has 0 amide bonds. The lowest BCUT2D eigenvalue weighted by Gasteiger charge is -2.10. The molecule has 1 N–H and O–H groups in total. The normalized spacial score (nSPS) is 11.3. The number of nitrogens with zero attached hydrogens (tertiary/aromatic N) is 5. The highest BCUT2D eigenvalue weighted by atomic mass is 32.2. The van der Waals surface area contributed by atoms with Crippen molar-refractivity contribution in [2.75, 3.05) is 0 Å². The van der Waals surface area contributed by atoms with E-state index in [0.717, 1.165) is 44.3 Å². The summed E-state index contributed by atoms with van der Waals surface area (Å²) in [6.45, 7) is 2.08. The van der Waals surface area contributed by atoms with Gasteiger partial charge in [0.25, 0.3) is 0 Å². The Kier molecular flexibility index (Phi) is 5.20. The first kappa shape index (κ1) is 20.4. The first-order chi connectivity index (χ1) is 16.8. The predicted octanol–water partition coefficient (Wildman–Crippen LogP) is 6.07. The average Bonchev–Trinajstić information content (AvgIpc) is 3.61. The molecule has 0 bridgehead atoms. The Balaban J connectivity index is 1.37. The van der Waals surface area contributed by atoms with Crippen molar-refractivity contribution in [3.8, 4) is 28.5 Å². The van der Waals surface area contributed by atoms with Crippen LogP contribution in [0.5, 0.6) is 0 Å². The molecule has 0 fully saturated rings. The van der Waals surface area contributed by atoms with E-state index in [1.807, 2.05) is 54.7 Å². The molecule has 0 aliphatic rings. The zero-order valence-corrected chi connectivity index (χ0v) is 19.2. The van der Waals surface area contributed by atoms with Gasteiger partial charge >= 0.3 is 0 Å². The molecule has 3 aromatic carbocycles. The van der Waals surface area contributed by atoms with Gasteiger partial charge in [-0.15, -0.1) is 20.4 Å². The molecule has 7 nitrogen and oxygen atoms in total. The Labute approximate surface area is 199 Å². The van der Waals surface area contributed by atoms with E-state index in [2.05, 4.69) is 67.2 Å². The Morgan fingerprint density at radius 2 is 1.74 bits per heavy atom. The van der Waals surface area contributed by atoms with E-state index < -0.39 is 0 Å². The van der Waals surface area contributed by atoms with Crippen LogP contribution in [0.3, 0.4) is 0 Å². The summed E-state index contributed by atoms with van der Waals surface area (Å²) >= 11 is 1.52. The number of benzene rings is 3. The number of aromatic amines is 1. The molecule has 166 valence electrons. The second-order valence-electron chi connectivity index (χ2n) is 7.88. The molecule has 0 aliphatic carbocycles. The van der Waals surface area contributed by atoms with Gasteiger partial charge in [0, 0.05) is 33.9 Å². The number of hydrogen-bond acceptors (Lipinski definition) is 6. The van der Waals surface area contributed by atoms with Crippen LogP contribution in [0, 0.1) is 6.92 Å². The number of aryl methyl sites for hydroxylation is 1. The van der Waals surface area contributed by atoms with Crippen LogP contribution in [0.15, 0.2) is 94.6 Å². The zero-order chi connectivity index (χ0) is 22.9. The molecule has 34 heavy (non-hydrogen) atoms. The molecule has 8 heteroatoms. The van der Waals surface area contributed by atoms with Crippen molar-refractivity contribution in [3.05, 3.63) is 96.5 Å². The fourth-order valence-electron chi connectivity index (χ4n) is 3.93. The first-order valence-electron chi connectivity index (χ1n) is 10.9. The number of hydrogen-bond donors (Lipinski definition) is 1. The number of para-hydroxylation sites is 1. The molecule has 0 aliphatic heterocycles. The van der Waals surface area contributed by atoms with Crippen molar-refractivity contribution < 1.29 is 4.42 Å². The maximum atomic E-state index is 5.89. The summed E-state index contributed by atoms with van der Waals surface area (Å²) in [4.78, 5) is 3.34. The van der Waals surface area contributed by atoms with Gasteiger partial charge in [0.05, 0.1) is 5.75 Å². The maximum Gasteiger partial charge on any atom is 0.247 e. The summed E-state index contributed by atoms with van der Waals surface area (Å²) < 4.78 is 7.97. The second kappa shape index (κ2) is 8.64. The minimum atomic E-state index is 0.484. The van der Waals surface area contributed by atoms with Crippen LogP contribution in [0.25, 0.3) is 39.4 Å². The molecule has 0 saturated carbocycles. The zero-order valence-electron chi connectivity index (χ0n) is 18.3. The van der Waals surface area contributed by atoms with Crippen molar-refractivity contribution >= 4 is 22.7 Å². The number of fused-ring (bicyclic) bond motifs is 1. The van der Waals surface area contributed by atoms with E-state index in [1.165, 1.54) is 11.8 Å². The van der Waals surface area contributed by atoms with Crippen molar-refractivity contribution in [1.82, 2.24) is 29.9 Å². The molecule has 3 heterocycles. The third-order valence-corrected chi connectivity index (χ3v) is 6.45. The molecule has 0 unspecified atom stereocenters. The number of H-pyrrole nitrogens is 1. The molecule has 0 spiro atoms. The number of aromatic nitrogens is 6. The molecular weight excluding hydrogens is 444 g/mol. The van der Waals surface area contributed by atoms with Crippen LogP contribution in [-0.4, -0.2) is 29.9 Å². The van der Waals surface area contributed by atoms with Crippen LogP contribution in [-0.2, 0) is 5.75 Å². The Morgan fingerprint density at radius 3 is 2.62 bits per heavy atom. The molecule has 6 rings (SSSR count). The van der Waals surface area contributed by atoms with Crippen LogP contribution in [0.2, 0.25) is 0 Å². The molecular formula is C26H20N6OS. The lowest BCUT2D eigenvalue weighted by atomic mass is 10.1. The van der Waals surface area contributed by atoms with Crippen molar-refractivity contribution in [2.24, 2.45) is 0 Å². The summed E-state index contributed by atoms with van der Waals surface area (Å²) in [7, 11) is 0. The van der Waals surface area contributed by atoms with Crippen LogP contribution in [0.4, 0.5) is 0 Å². The highest BCUT2D eigenvalue weighted by Crippen LogP contribution is 2.33. The fraction of sp³-hybridized carbons (Fsp3) is 0.0769. The smallest absolute Gasteiger partial charge is 0.247 e. The average molecular weight is 465 g/mol. The maximum absolute atomic E-state index is 5.89. The Hall–Kier alpha value is -4.17. The Morgan fingerprint density at radius 1 is 0.882 bits per heavy atom. The molecule has 0 radical (unpaired) electrons. The van der Waals surface area contributed by atoms with Gasteiger partial charge in [-0.05, 0) is 42.8 Å². The van der Waals surface area contributed by atoms with Gasteiger partial charge in [0.15, 0.2) is 11.0 Å². The van der Waals surface area contributed by atoms with Crippen LogP contribution < -0.4 is 0 Å². The highest BCUT2D eigenvalue weighted by Gasteiger charge is 2.20. The standard InChI is InChI=1S/C26H20N6OS/c1-17-8-7-11-19(14-17)32-24(21-15-27-22-13-6-5-12-20(21)22)29-31-26(32)34-16-23-28-30-25(33-23)18-9-3-2-4-10-18/h2-15,27H,16H2,1H3. The molecule has 0 atom stereocenters. The molecule has 6 aromatic rings. The van der Waals surface area contributed by atoms with Gasteiger partial charge in [-0.2, -0.15) is 0 Å². The predicted molar refractivity (Wildman–Crippen MR) is 133 cm³/mol. The summed E-state index contributed by atoms with van der Waals surface area (Å²) in [5.74, 6) is 2.31. The van der Waals surface area contributed by atoms with Gasteiger partial charge in [-0.1, -0.05) is 60.3 Å².